The lowest BCUT2D eigenvalue weighted by molar-refractivity contribution is -0.144. The lowest BCUT2D eigenvalue weighted by atomic mass is 9.71. The maximum absolute atomic E-state index is 12.5. The van der Waals surface area contributed by atoms with Gasteiger partial charge in [0.2, 0.25) is 5.91 Å². The van der Waals surface area contributed by atoms with Gasteiger partial charge in [-0.1, -0.05) is 12.8 Å². The first-order valence-corrected chi connectivity index (χ1v) is 9.41. The number of hydrogen-bond acceptors (Lipinski definition) is 3. The first kappa shape index (κ1) is 14.7. The zero-order chi connectivity index (χ0) is 14.0. The zero-order valence-electron chi connectivity index (χ0n) is 12.4. The Kier molecular flexibility index (Phi) is 4.61. The van der Waals surface area contributed by atoms with Crippen molar-refractivity contribution in [1.29, 1.82) is 0 Å². The van der Waals surface area contributed by atoms with Gasteiger partial charge in [-0.05, 0) is 49.5 Å². The lowest BCUT2D eigenvalue weighted by Gasteiger charge is -2.47. The largest absolute Gasteiger partial charge is 0.389 e. The van der Waals surface area contributed by atoms with Crippen molar-refractivity contribution in [3.63, 3.8) is 0 Å². The van der Waals surface area contributed by atoms with Crippen molar-refractivity contribution in [3.8, 4) is 0 Å². The summed E-state index contributed by atoms with van der Waals surface area (Å²) in [5.41, 5.74) is -0.462. The van der Waals surface area contributed by atoms with E-state index in [-0.39, 0.29) is 0 Å². The quantitative estimate of drug-likeness (QED) is 0.852. The second-order valence-electron chi connectivity index (χ2n) is 6.90. The Labute approximate surface area is 126 Å². The minimum Gasteiger partial charge on any atom is -0.389 e. The number of carbonyl (C=O) groups is 1. The van der Waals surface area contributed by atoms with Crippen molar-refractivity contribution in [2.24, 2.45) is 11.8 Å². The molecule has 0 aromatic rings. The van der Waals surface area contributed by atoms with Crippen LogP contribution in [0.4, 0.5) is 0 Å². The highest BCUT2D eigenvalue weighted by atomic mass is 32.2. The van der Waals surface area contributed by atoms with Gasteiger partial charge in [0.25, 0.3) is 0 Å². The van der Waals surface area contributed by atoms with E-state index < -0.39 is 5.60 Å². The highest BCUT2D eigenvalue weighted by Crippen LogP contribution is 2.40. The molecule has 20 heavy (non-hydrogen) atoms. The molecule has 2 atom stereocenters. The zero-order valence-corrected chi connectivity index (χ0v) is 13.2. The highest BCUT2D eigenvalue weighted by molar-refractivity contribution is 7.99. The Bertz CT molecular complexity index is 356. The molecule has 2 aliphatic heterocycles. The maximum atomic E-state index is 12.5. The number of rotatable bonds is 2. The summed E-state index contributed by atoms with van der Waals surface area (Å²) in [6, 6.07) is 0. The maximum Gasteiger partial charge on any atom is 0.222 e. The number of thioether (sulfide) groups is 1. The SMILES string of the molecule is O=C(CC1CCSCC1)N1CCC2(O)CCCCC2C1. The van der Waals surface area contributed by atoms with Gasteiger partial charge in [0.05, 0.1) is 5.60 Å². The summed E-state index contributed by atoms with van der Waals surface area (Å²) in [5, 5.41) is 10.7. The summed E-state index contributed by atoms with van der Waals surface area (Å²) < 4.78 is 0. The van der Waals surface area contributed by atoms with Gasteiger partial charge < -0.3 is 10.0 Å². The normalized spacial score (nSPS) is 35.6. The molecular weight excluding hydrogens is 270 g/mol. The van der Waals surface area contributed by atoms with Crippen molar-refractivity contribution >= 4 is 17.7 Å². The smallest absolute Gasteiger partial charge is 0.222 e. The molecule has 2 heterocycles. The minimum atomic E-state index is -0.462. The van der Waals surface area contributed by atoms with Gasteiger partial charge >= 0.3 is 0 Å². The fourth-order valence-corrected chi connectivity index (χ4v) is 5.33. The number of likely N-dealkylation sites (tertiary alicyclic amines) is 1. The summed E-state index contributed by atoms with van der Waals surface area (Å²) in [6.45, 7) is 1.57. The monoisotopic (exact) mass is 297 g/mol. The number of amides is 1. The van der Waals surface area contributed by atoms with Crippen LogP contribution in [0, 0.1) is 11.8 Å². The van der Waals surface area contributed by atoms with Crippen LogP contribution in [0.15, 0.2) is 0 Å². The Morgan fingerprint density at radius 3 is 2.80 bits per heavy atom. The molecule has 114 valence electrons. The number of hydrogen-bond donors (Lipinski definition) is 1. The van der Waals surface area contributed by atoms with Gasteiger partial charge in [0.15, 0.2) is 0 Å². The van der Waals surface area contributed by atoms with Gasteiger partial charge in [-0.3, -0.25) is 4.79 Å². The second-order valence-corrected chi connectivity index (χ2v) is 8.12. The van der Waals surface area contributed by atoms with E-state index >= 15 is 0 Å². The molecule has 2 unspecified atom stereocenters. The molecule has 0 spiro atoms. The van der Waals surface area contributed by atoms with Crippen LogP contribution in [0.3, 0.4) is 0 Å². The molecule has 1 aliphatic carbocycles. The standard InChI is InChI=1S/C16H27NO2S/c18-15(11-13-4-9-20-10-5-13)17-8-7-16(19)6-2-1-3-14(16)12-17/h13-14,19H,1-12H2. The Hall–Kier alpha value is -0.220. The predicted octanol–water partition coefficient (Wildman–Crippen LogP) is 2.67. The van der Waals surface area contributed by atoms with Crippen molar-refractivity contribution in [3.05, 3.63) is 0 Å². The topological polar surface area (TPSA) is 40.5 Å². The van der Waals surface area contributed by atoms with Crippen LogP contribution in [0.25, 0.3) is 0 Å². The van der Waals surface area contributed by atoms with Gasteiger partial charge in [-0.2, -0.15) is 11.8 Å². The average Bonchev–Trinajstić information content (AvgIpc) is 2.47. The third-order valence-corrected chi connectivity index (χ3v) is 6.63. The number of nitrogens with zero attached hydrogens (tertiary/aromatic N) is 1. The molecule has 3 nitrogen and oxygen atoms in total. The Balaban J connectivity index is 1.54. The van der Waals surface area contributed by atoms with Crippen LogP contribution in [0.5, 0.6) is 0 Å². The summed E-state index contributed by atoms with van der Waals surface area (Å²) in [6.07, 6.45) is 8.36. The molecule has 1 amide bonds. The first-order valence-electron chi connectivity index (χ1n) is 8.25. The van der Waals surface area contributed by atoms with E-state index in [9.17, 15) is 9.90 Å². The summed E-state index contributed by atoms with van der Waals surface area (Å²) in [4.78, 5) is 14.5. The number of aliphatic hydroxyl groups is 1. The molecule has 1 saturated carbocycles. The van der Waals surface area contributed by atoms with Gasteiger partial charge in [-0.15, -0.1) is 0 Å². The molecule has 3 aliphatic rings. The van der Waals surface area contributed by atoms with Crippen LogP contribution in [0.1, 0.15) is 51.4 Å². The fourth-order valence-electron chi connectivity index (χ4n) is 4.12. The van der Waals surface area contributed by atoms with E-state index in [1.165, 1.54) is 30.8 Å². The molecule has 3 rings (SSSR count). The number of carbonyl (C=O) groups excluding carboxylic acids is 1. The van der Waals surface area contributed by atoms with Crippen LogP contribution in [0.2, 0.25) is 0 Å². The molecule has 0 radical (unpaired) electrons. The van der Waals surface area contributed by atoms with E-state index in [0.29, 0.717) is 17.7 Å². The number of fused-ring (bicyclic) bond motifs is 1. The molecule has 3 fully saturated rings. The first-order chi connectivity index (χ1) is 9.67. The van der Waals surface area contributed by atoms with Gasteiger partial charge in [0.1, 0.15) is 0 Å². The number of piperidine rings is 1. The van der Waals surface area contributed by atoms with Crippen molar-refractivity contribution in [2.45, 2.75) is 57.0 Å². The van der Waals surface area contributed by atoms with E-state index in [1.54, 1.807) is 0 Å². The molecule has 0 bridgehead atoms. The Morgan fingerprint density at radius 2 is 2.00 bits per heavy atom. The van der Waals surface area contributed by atoms with E-state index in [4.69, 9.17) is 0 Å². The fraction of sp³-hybridized carbons (Fsp3) is 0.938. The van der Waals surface area contributed by atoms with Crippen LogP contribution >= 0.6 is 11.8 Å². The van der Waals surface area contributed by atoms with Gasteiger partial charge in [-0.25, -0.2) is 0 Å². The third-order valence-electron chi connectivity index (χ3n) is 5.58. The second kappa shape index (κ2) is 6.27. The van der Waals surface area contributed by atoms with Crippen molar-refractivity contribution < 1.29 is 9.90 Å². The molecule has 0 aromatic carbocycles. The predicted molar refractivity (Wildman–Crippen MR) is 82.8 cm³/mol. The Morgan fingerprint density at radius 1 is 1.20 bits per heavy atom. The molecule has 1 N–H and O–H groups in total. The molecule has 4 heteroatoms. The molecule has 2 saturated heterocycles. The molecule has 0 aromatic heterocycles. The minimum absolute atomic E-state index is 0.330. The molecular formula is C16H27NO2S. The van der Waals surface area contributed by atoms with Crippen LogP contribution < -0.4 is 0 Å². The van der Waals surface area contributed by atoms with Crippen LogP contribution in [-0.4, -0.2) is 46.1 Å². The third kappa shape index (κ3) is 3.16. The summed E-state index contributed by atoms with van der Waals surface area (Å²) in [7, 11) is 0. The van der Waals surface area contributed by atoms with E-state index in [2.05, 4.69) is 0 Å². The summed E-state index contributed by atoms with van der Waals surface area (Å²) >= 11 is 2.02. The van der Waals surface area contributed by atoms with E-state index in [1.807, 2.05) is 16.7 Å². The highest BCUT2D eigenvalue weighted by Gasteiger charge is 2.43. The van der Waals surface area contributed by atoms with Crippen molar-refractivity contribution in [1.82, 2.24) is 4.90 Å². The van der Waals surface area contributed by atoms with Crippen LogP contribution in [-0.2, 0) is 4.79 Å². The van der Waals surface area contributed by atoms with E-state index in [0.717, 1.165) is 45.2 Å². The van der Waals surface area contributed by atoms with Crippen molar-refractivity contribution in [2.75, 3.05) is 24.6 Å². The summed E-state index contributed by atoms with van der Waals surface area (Å²) in [5.74, 6) is 3.72. The lowest BCUT2D eigenvalue weighted by Crippen LogP contribution is -2.54. The average molecular weight is 297 g/mol. The van der Waals surface area contributed by atoms with Gasteiger partial charge in [0, 0.05) is 25.4 Å².